The van der Waals surface area contributed by atoms with Crippen LogP contribution in [0.4, 0.5) is 0 Å². The molecule has 2 rings (SSSR count). The van der Waals surface area contributed by atoms with Crippen molar-refractivity contribution >= 4 is 11.8 Å². The summed E-state index contributed by atoms with van der Waals surface area (Å²) in [5.41, 5.74) is 2.06. The van der Waals surface area contributed by atoms with E-state index in [1.165, 1.54) is 17.9 Å². The van der Waals surface area contributed by atoms with Gasteiger partial charge < -0.3 is 5.11 Å². The maximum absolute atomic E-state index is 9.01. The van der Waals surface area contributed by atoms with Gasteiger partial charge in [0.2, 0.25) is 0 Å². The molecule has 3 nitrogen and oxygen atoms in total. The van der Waals surface area contributed by atoms with Gasteiger partial charge in [-0.1, -0.05) is 0 Å². The monoisotopic (exact) mass is 198 g/mol. The number of hydrogen-bond acceptors (Lipinski definition) is 3. The zero-order chi connectivity index (χ0) is 9.26. The van der Waals surface area contributed by atoms with Crippen LogP contribution in [-0.4, -0.2) is 26.4 Å². The van der Waals surface area contributed by atoms with Crippen molar-refractivity contribution in [1.82, 2.24) is 9.78 Å². The predicted molar refractivity (Wildman–Crippen MR) is 53.8 cm³/mol. The van der Waals surface area contributed by atoms with Crippen LogP contribution in [-0.2, 0) is 13.7 Å². The number of thioether (sulfide) groups is 1. The van der Waals surface area contributed by atoms with Crippen LogP contribution in [0, 0.1) is 0 Å². The maximum Gasteiger partial charge on any atom is 0.0849 e. The predicted octanol–water partition coefficient (Wildman–Crippen LogP) is 1.13. The number of aryl methyl sites for hydroxylation is 1. The lowest BCUT2D eigenvalue weighted by Crippen LogP contribution is -2.00. The van der Waals surface area contributed by atoms with Crippen LogP contribution in [0.5, 0.6) is 0 Å². The first kappa shape index (κ1) is 9.09. The van der Waals surface area contributed by atoms with Crippen LogP contribution in [0.25, 0.3) is 0 Å². The normalized spacial score (nSPS) is 22.5. The van der Waals surface area contributed by atoms with Gasteiger partial charge in [-0.3, -0.25) is 4.68 Å². The molecule has 1 saturated heterocycles. The van der Waals surface area contributed by atoms with Crippen molar-refractivity contribution in [2.24, 2.45) is 7.05 Å². The standard InChI is InChI=1S/C9H14N2OS/c1-11-8(5-12)4-9(10-11)7-2-3-13-6-7/h4,7,12H,2-3,5-6H2,1H3. The average Bonchev–Trinajstić information content (AvgIpc) is 2.71. The highest BCUT2D eigenvalue weighted by molar-refractivity contribution is 7.99. The molecule has 1 N–H and O–H groups in total. The second-order valence-corrected chi connectivity index (χ2v) is 4.55. The zero-order valence-corrected chi connectivity index (χ0v) is 8.55. The van der Waals surface area contributed by atoms with Gasteiger partial charge >= 0.3 is 0 Å². The summed E-state index contributed by atoms with van der Waals surface area (Å²) >= 11 is 1.99. The molecule has 0 aromatic carbocycles. The van der Waals surface area contributed by atoms with Gasteiger partial charge in [0, 0.05) is 18.7 Å². The van der Waals surface area contributed by atoms with E-state index in [4.69, 9.17) is 5.11 Å². The highest BCUT2D eigenvalue weighted by Crippen LogP contribution is 2.31. The van der Waals surface area contributed by atoms with E-state index in [1.807, 2.05) is 24.9 Å². The smallest absolute Gasteiger partial charge is 0.0849 e. The quantitative estimate of drug-likeness (QED) is 0.774. The fourth-order valence-electron chi connectivity index (χ4n) is 1.65. The third-order valence-electron chi connectivity index (χ3n) is 2.51. The van der Waals surface area contributed by atoms with Crippen molar-refractivity contribution in [3.05, 3.63) is 17.5 Å². The van der Waals surface area contributed by atoms with E-state index >= 15 is 0 Å². The molecule has 13 heavy (non-hydrogen) atoms. The SMILES string of the molecule is Cn1nc(C2CCSC2)cc1CO. The Labute approximate surface area is 82.1 Å². The topological polar surface area (TPSA) is 38.0 Å². The van der Waals surface area contributed by atoms with Crippen LogP contribution in [0.1, 0.15) is 23.7 Å². The molecular formula is C9H14N2OS. The third-order valence-corrected chi connectivity index (χ3v) is 3.67. The molecule has 2 heterocycles. The minimum absolute atomic E-state index is 0.0867. The molecule has 0 radical (unpaired) electrons. The van der Waals surface area contributed by atoms with E-state index in [9.17, 15) is 0 Å². The molecule has 1 aliphatic rings. The van der Waals surface area contributed by atoms with Crippen molar-refractivity contribution in [1.29, 1.82) is 0 Å². The van der Waals surface area contributed by atoms with Gasteiger partial charge in [0.15, 0.2) is 0 Å². The van der Waals surface area contributed by atoms with Gasteiger partial charge in [-0.05, 0) is 18.2 Å². The van der Waals surface area contributed by atoms with Crippen molar-refractivity contribution in [2.45, 2.75) is 18.9 Å². The second kappa shape index (κ2) is 3.72. The first-order valence-electron chi connectivity index (χ1n) is 4.52. The third kappa shape index (κ3) is 1.74. The summed E-state index contributed by atoms with van der Waals surface area (Å²) in [5.74, 6) is 3.04. The molecule has 1 aliphatic heterocycles. The number of aliphatic hydroxyl groups excluding tert-OH is 1. The molecule has 0 spiro atoms. The first-order chi connectivity index (χ1) is 6.31. The Morgan fingerprint density at radius 2 is 2.62 bits per heavy atom. The highest BCUT2D eigenvalue weighted by atomic mass is 32.2. The Kier molecular flexibility index (Phi) is 2.60. The molecule has 1 aromatic rings. The molecule has 72 valence electrons. The van der Waals surface area contributed by atoms with E-state index in [0.717, 1.165) is 11.4 Å². The minimum atomic E-state index is 0.0867. The number of aliphatic hydroxyl groups is 1. The molecule has 1 aromatic heterocycles. The van der Waals surface area contributed by atoms with Crippen molar-refractivity contribution in [3.63, 3.8) is 0 Å². The zero-order valence-electron chi connectivity index (χ0n) is 7.73. The molecule has 0 aliphatic carbocycles. The fraction of sp³-hybridized carbons (Fsp3) is 0.667. The van der Waals surface area contributed by atoms with E-state index < -0.39 is 0 Å². The van der Waals surface area contributed by atoms with Gasteiger partial charge in [0.25, 0.3) is 0 Å². The lowest BCUT2D eigenvalue weighted by atomic mass is 10.1. The first-order valence-corrected chi connectivity index (χ1v) is 5.68. The van der Waals surface area contributed by atoms with Gasteiger partial charge in [-0.2, -0.15) is 16.9 Å². The Morgan fingerprint density at radius 1 is 1.77 bits per heavy atom. The molecule has 4 heteroatoms. The van der Waals surface area contributed by atoms with Crippen molar-refractivity contribution in [3.8, 4) is 0 Å². The summed E-state index contributed by atoms with van der Waals surface area (Å²) in [6.07, 6.45) is 1.23. The van der Waals surface area contributed by atoms with Crippen molar-refractivity contribution < 1.29 is 5.11 Å². The van der Waals surface area contributed by atoms with Crippen LogP contribution >= 0.6 is 11.8 Å². The van der Waals surface area contributed by atoms with E-state index in [-0.39, 0.29) is 6.61 Å². The van der Waals surface area contributed by atoms with E-state index in [2.05, 4.69) is 5.10 Å². The van der Waals surface area contributed by atoms with Crippen LogP contribution in [0.3, 0.4) is 0 Å². The second-order valence-electron chi connectivity index (χ2n) is 3.40. The van der Waals surface area contributed by atoms with E-state index in [0.29, 0.717) is 5.92 Å². The molecule has 1 atom stereocenters. The summed E-state index contributed by atoms with van der Waals surface area (Å²) in [6, 6.07) is 2.02. The molecule has 0 saturated carbocycles. The Hall–Kier alpha value is -0.480. The van der Waals surface area contributed by atoms with Gasteiger partial charge in [-0.15, -0.1) is 0 Å². The Balaban J connectivity index is 2.20. The van der Waals surface area contributed by atoms with Gasteiger partial charge in [-0.25, -0.2) is 0 Å². The molecule has 0 bridgehead atoms. The lowest BCUT2D eigenvalue weighted by molar-refractivity contribution is 0.270. The Morgan fingerprint density at radius 3 is 3.15 bits per heavy atom. The Bertz CT molecular complexity index is 292. The lowest BCUT2D eigenvalue weighted by Gasteiger charge is -2.01. The van der Waals surface area contributed by atoms with Crippen LogP contribution in [0.15, 0.2) is 6.07 Å². The molecular weight excluding hydrogens is 184 g/mol. The number of hydrogen-bond donors (Lipinski definition) is 1. The van der Waals surface area contributed by atoms with Gasteiger partial charge in [0.05, 0.1) is 18.0 Å². The number of aromatic nitrogens is 2. The summed E-state index contributed by atoms with van der Waals surface area (Å²) < 4.78 is 1.78. The molecule has 1 unspecified atom stereocenters. The van der Waals surface area contributed by atoms with E-state index in [1.54, 1.807) is 4.68 Å². The van der Waals surface area contributed by atoms with Crippen LogP contribution in [0.2, 0.25) is 0 Å². The number of rotatable bonds is 2. The summed E-state index contributed by atoms with van der Waals surface area (Å²) in [4.78, 5) is 0. The molecule has 1 fully saturated rings. The van der Waals surface area contributed by atoms with Gasteiger partial charge in [0.1, 0.15) is 0 Å². The largest absolute Gasteiger partial charge is 0.390 e. The minimum Gasteiger partial charge on any atom is -0.390 e. The fourth-order valence-corrected chi connectivity index (χ4v) is 2.89. The molecule has 0 amide bonds. The maximum atomic E-state index is 9.01. The summed E-state index contributed by atoms with van der Waals surface area (Å²) in [6.45, 7) is 0.0867. The number of nitrogens with zero attached hydrogens (tertiary/aromatic N) is 2. The average molecular weight is 198 g/mol. The summed E-state index contributed by atoms with van der Waals surface area (Å²) in [5, 5.41) is 13.4. The summed E-state index contributed by atoms with van der Waals surface area (Å²) in [7, 11) is 1.89. The van der Waals surface area contributed by atoms with Crippen LogP contribution < -0.4 is 0 Å². The highest BCUT2D eigenvalue weighted by Gasteiger charge is 2.20. The van der Waals surface area contributed by atoms with Crippen molar-refractivity contribution in [2.75, 3.05) is 11.5 Å².